The summed E-state index contributed by atoms with van der Waals surface area (Å²) in [5, 5.41) is 11.2. The van der Waals surface area contributed by atoms with Gasteiger partial charge in [0.05, 0.1) is 24.2 Å². The van der Waals surface area contributed by atoms with Crippen LogP contribution in [0.1, 0.15) is 0 Å². The van der Waals surface area contributed by atoms with Crippen molar-refractivity contribution in [2.75, 3.05) is 12.8 Å². The van der Waals surface area contributed by atoms with Gasteiger partial charge in [0.25, 0.3) is 0 Å². The molecule has 7 nitrogen and oxygen atoms in total. The van der Waals surface area contributed by atoms with Crippen molar-refractivity contribution in [3.05, 3.63) is 36.4 Å². The van der Waals surface area contributed by atoms with E-state index in [0.717, 1.165) is 0 Å². The first-order valence-corrected chi connectivity index (χ1v) is 6.49. The molecule has 0 atom stereocenters. The van der Waals surface area contributed by atoms with E-state index >= 15 is 0 Å². The Bertz CT molecular complexity index is 1010. The van der Waals surface area contributed by atoms with Gasteiger partial charge in [-0.1, -0.05) is 0 Å². The van der Waals surface area contributed by atoms with Gasteiger partial charge in [-0.2, -0.15) is 10.2 Å². The number of fused-ring (bicyclic) bond motifs is 2. The van der Waals surface area contributed by atoms with Gasteiger partial charge >= 0.3 is 0 Å². The minimum atomic E-state index is -0.488. The Hall–Kier alpha value is -3.16. The minimum absolute atomic E-state index is 0.169. The highest BCUT2D eigenvalue weighted by molar-refractivity contribution is 5.89. The Balaban J connectivity index is 2.00. The van der Waals surface area contributed by atoms with Crippen molar-refractivity contribution < 1.29 is 9.13 Å². The Morgan fingerprint density at radius 3 is 3.05 bits per heavy atom. The van der Waals surface area contributed by atoms with Crippen molar-refractivity contribution in [2.24, 2.45) is 0 Å². The summed E-state index contributed by atoms with van der Waals surface area (Å²) in [6.07, 6.45) is 3.29. The van der Waals surface area contributed by atoms with Crippen molar-refractivity contribution in [1.82, 2.24) is 24.8 Å². The van der Waals surface area contributed by atoms with E-state index in [1.165, 1.54) is 6.07 Å². The van der Waals surface area contributed by atoms with Crippen LogP contribution in [-0.2, 0) is 0 Å². The third kappa shape index (κ3) is 1.70. The van der Waals surface area contributed by atoms with Crippen molar-refractivity contribution in [2.45, 2.75) is 0 Å². The zero-order valence-electron chi connectivity index (χ0n) is 11.5. The lowest BCUT2D eigenvalue weighted by atomic mass is 10.1. The highest BCUT2D eigenvalue weighted by Crippen LogP contribution is 2.30. The van der Waals surface area contributed by atoms with Crippen LogP contribution in [0.5, 0.6) is 5.75 Å². The molecule has 4 heterocycles. The van der Waals surface area contributed by atoms with Gasteiger partial charge in [0, 0.05) is 17.8 Å². The Morgan fingerprint density at radius 2 is 2.23 bits per heavy atom. The van der Waals surface area contributed by atoms with Crippen LogP contribution in [0.3, 0.4) is 0 Å². The van der Waals surface area contributed by atoms with Crippen molar-refractivity contribution in [3.63, 3.8) is 0 Å². The second-order valence-electron chi connectivity index (χ2n) is 4.78. The van der Waals surface area contributed by atoms with E-state index in [1.807, 2.05) is 0 Å². The summed E-state index contributed by atoms with van der Waals surface area (Å²) in [6.45, 7) is 0. The first-order chi connectivity index (χ1) is 10.7. The normalized spacial score (nSPS) is 11.4. The SMILES string of the molecule is COc1ccn2ncc(-c3nc4n[nH]c(N)c4cc3F)c2c1. The molecule has 0 aliphatic rings. The summed E-state index contributed by atoms with van der Waals surface area (Å²) in [5.74, 6) is 0.451. The van der Waals surface area contributed by atoms with Crippen molar-refractivity contribution in [3.8, 4) is 17.0 Å². The smallest absolute Gasteiger partial charge is 0.183 e. The number of anilines is 1. The molecule has 110 valence electrons. The number of aromatic nitrogens is 5. The fraction of sp³-hybridized carbons (Fsp3) is 0.0714. The Labute approximate surface area is 123 Å². The molecule has 0 aliphatic heterocycles. The standard InChI is InChI=1S/C14H11FN6O/c1-22-7-2-3-21-11(4-7)9(6-17-21)12-10(15)5-8-13(16)19-20-14(8)18-12/h2-6H,1H3,(H3,16,18,19,20). The molecule has 0 saturated carbocycles. The number of rotatable bonds is 2. The van der Waals surface area contributed by atoms with E-state index in [-0.39, 0.29) is 11.5 Å². The number of nitrogens with zero attached hydrogens (tertiary/aromatic N) is 4. The number of methoxy groups -OCH3 is 1. The van der Waals surface area contributed by atoms with Crippen LogP contribution in [0, 0.1) is 5.82 Å². The molecular formula is C14H11FN6O. The van der Waals surface area contributed by atoms with Crippen molar-refractivity contribution >= 4 is 22.4 Å². The number of aromatic amines is 1. The largest absolute Gasteiger partial charge is 0.497 e. The molecule has 4 rings (SSSR count). The number of nitrogen functional groups attached to an aromatic ring is 1. The number of H-pyrrole nitrogens is 1. The first kappa shape index (κ1) is 12.6. The van der Waals surface area contributed by atoms with Gasteiger partial charge in [0.15, 0.2) is 11.5 Å². The summed E-state index contributed by atoms with van der Waals surface area (Å²) in [7, 11) is 1.57. The van der Waals surface area contributed by atoms with E-state index < -0.39 is 5.82 Å². The van der Waals surface area contributed by atoms with E-state index in [0.29, 0.717) is 27.9 Å². The van der Waals surface area contributed by atoms with Crippen LogP contribution in [0.15, 0.2) is 30.6 Å². The summed E-state index contributed by atoms with van der Waals surface area (Å²) >= 11 is 0. The summed E-state index contributed by atoms with van der Waals surface area (Å²) in [5.41, 5.74) is 7.45. The lowest BCUT2D eigenvalue weighted by molar-refractivity contribution is 0.414. The summed E-state index contributed by atoms with van der Waals surface area (Å²) < 4.78 is 21.2. The van der Waals surface area contributed by atoms with Gasteiger partial charge in [-0.15, -0.1) is 0 Å². The summed E-state index contributed by atoms with van der Waals surface area (Å²) in [6, 6.07) is 4.86. The Morgan fingerprint density at radius 1 is 1.36 bits per heavy atom. The van der Waals surface area contributed by atoms with Gasteiger partial charge in [-0.05, 0) is 12.1 Å². The molecule has 4 aromatic rings. The lowest BCUT2D eigenvalue weighted by Gasteiger charge is -2.03. The fourth-order valence-corrected chi connectivity index (χ4v) is 2.40. The zero-order valence-corrected chi connectivity index (χ0v) is 11.5. The van der Waals surface area contributed by atoms with Crippen LogP contribution in [-0.4, -0.2) is 31.9 Å². The molecule has 22 heavy (non-hydrogen) atoms. The number of nitrogens with two attached hydrogens (primary N) is 1. The molecule has 0 fully saturated rings. The predicted molar refractivity (Wildman–Crippen MR) is 79.0 cm³/mol. The first-order valence-electron chi connectivity index (χ1n) is 6.49. The van der Waals surface area contributed by atoms with Gasteiger partial charge in [0.1, 0.15) is 17.3 Å². The Kier molecular flexibility index (Phi) is 2.52. The topological polar surface area (TPSA) is 94.1 Å². The number of pyridine rings is 2. The van der Waals surface area contributed by atoms with Gasteiger partial charge in [0.2, 0.25) is 0 Å². The van der Waals surface area contributed by atoms with Crippen LogP contribution < -0.4 is 10.5 Å². The minimum Gasteiger partial charge on any atom is -0.497 e. The third-order valence-electron chi connectivity index (χ3n) is 3.51. The molecule has 0 radical (unpaired) electrons. The second kappa shape index (κ2) is 4.42. The van der Waals surface area contributed by atoms with Gasteiger partial charge in [-0.3, -0.25) is 5.10 Å². The average molecular weight is 298 g/mol. The molecule has 0 aromatic carbocycles. The molecule has 0 bridgehead atoms. The van der Waals surface area contributed by atoms with E-state index in [9.17, 15) is 4.39 Å². The maximum atomic E-state index is 14.4. The number of hydrogen-bond acceptors (Lipinski definition) is 5. The molecule has 3 N–H and O–H groups in total. The van der Waals surface area contributed by atoms with Gasteiger partial charge < -0.3 is 10.5 Å². The number of hydrogen-bond donors (Lipinski definition) is 2. The predicted octanol–water partition coefficient (Wildman–Crippen LogP) is 2.00. The lowest BCUT2D eigenvalue weighted by Crippen LogP contribution is -1.92. The number of halogens is 1. The van der Waals surface area contributed by atoms with Crippen LogP contribution >= 0.6 is 0 Å². The molecule has 4 aromatic heterocycles. The number of nitrogens with one attached hydrogen (secondary N) is 1. The molecular weight excluding hydrogens is 287 g/mol. The second-order valence-corrected chi connectivity index (χ2v) is 4.78. The maximum Gasteiger partial charge on any atom is 0.183 e. The molecule has 0 aliphatic carbocycles. The molecule has 0 spiro atoms. The van der Waals surface area contributed by atoms with Crippen molar-refractivity contribution in [1.29, 1.82) is 0 Å². The number of ether oxygens (including phenoxy) is 1. The summed E-state index contributed by atoms with van der Waals surface area (Å²) in [4.78, 5) is 4.25. The van der Waals surface area contributed by atoms with Gasteiger partial charge in [-0.25, -0.2) is 13.9 Å². The van der Waals surface area contributed by atoms with Crippen LogP contribution in [0.4, 0.5) is 10.2 Å². The molecule has 0 saturated heterocycles. The quantitative estimate of drug-likeness (QED) is 0.590. The monoisotopic (exact) mass is 298 g/mol. The molecule has 8 heteroatoms. The van der Waals surface area contributed by atoms with Crippen LogP contribution in [0.25, 0.3) is 27.8 Å². The van der Waals surface area contributed by atoms with Crippen LogP contribution in [0.2, 0.25) is 0 Å². The highest BCUT2D eigenvalue weighted by atomic mass is 19.1. The average Bonchev–Trinajstić information content (AvgIpc) is 3.10. The highest BCUT2D eigenvalue weighted by Gasteiger charge is 2.16. The maximum absolute atomic E-state index is 14.4. The van der Waals surface area contributed by atoms with E-state index in [2.05, 4.69) is 20.3 Å². The zero-order chi connectivity index (χ0) is 15.3. The third-order valence-corrected chi connectivity index (χ3v) is 3.51. The van der Waals surface area contributed by atoms with E-state index in [1.54, 1.807) is 36.2 Å². The van der Waals surface area contributed by atoms with E-state index in [4.69, 9.17) is 10.5 Å². The molecule has 0 unspecified atom stereocenters. The molecule has 0 amide bonds. The fourth-order valence-electron chi connectivity index (χ4n) is 2.40.